The molecule has 0 saturated carbocycles. The minimum Gasteiger partial charge on any atom is -0.409 e. The molecular formula is C10H21N3O. The zero-order chi connectivity index (χ0) is 10.4. The third-order valence-corrected chi connectivity index (χ3v) is 2.98. The van der Waals surface area contributed by atoms with E-state index in [4.69, 9.17) is 10.9 Å². The molecule has 0 radical (unpaired) electrons. The van der Waals surface area contributed by atoms with E-state index in [-0.39, 0.29) is 0 Å². The van der Waals surface area contributed by atoms with Crippen molar-refractivity contribution < 1.29 is 5.21 Å². The Hall–Kier alpha value is -0.770. The summed E-state index contributed by atoms with van der Waals surface area (Å²) in [5, 5.41) is 11.3. The molecule has 4 nitrogen and oxygen atoms in total. The Kier molecular flexibility index (Phi) is 4.73. The highest BCUT2D eigenvalue weighted by molar-refractivity contribution is 5.79. The van der Waals surface area contributed by atoms with Crippen LogP contribution in [0.3, 0.4) is 0 Å². The summed E-state index contributed by atoms with van der Waals surface area (Å²) >= 11 is 0. The Morgan fingerprint density at radius 2 is 2.43 bits per heavy atom. The highest BCUT2D eigenvalue weighted by Gasteiger charge is 2.19. The van der Waals surface area contributed by atoms with Crippen LogP contribution in [0.1, 0.15) is 32.6 Å². The Balaban J connectivity index is 2.08. The van der Waals surface area contributed by atoms with Crippen LogP contribution in [-0.2, 0) is 0 Å². The minimum absolute atomic E-state index is 0.344. The van der Waals surface area contributed by atoms with Gasteiger partial charge in [-0.2, -0.15) is 0 Å². The van der Waals surface area contributed by atoms with Gasteiger partial charge in [-0.05, 0) is 31.8 Å². The van der Waals surface area contributed by atoms with E-state index in [0.717, 1.165) is 18.9 Å². The van der Waals surface area contributed by atoms with Crippen molar-refractivity contribution in [2.45, 2.75) is 32.6 Å². The van der Waals surface area contributed by atoms with Crippen LogP contribution in [0.15, 0.2) is 5.16 Å². The van der Waals surface area contributed by atoms with Crippen molar-refractivity contribution >= 4 is 5.84 Å². The summed E-state index contributed by atoms with van der Waals surface area (Å²) in [6.45, 7) is 5.78. The number of oxime groups is 1. The number of amidine groups is 1. The molecule has 1 heterocycles. The van der Waals surface area contributed by atoms with Crippen LogP contribution in [0, 0.1) is 5.92 Å². The number of hydrogen-bond acceptors (Lipinski definition) is 3. The highest BCUT2D eigenvalue weighted by atomic mass is 16.4. The zero-order valence-corrected chi connectivity index (χ0v) is 8.95. The van der Waals surface area contributed by atoms with Crippen molar-refractivity contribution in [1.82, 2.24) is 4.90 Å². The molecule has 1 aliphatic heterocycles. The van der Waals surface area contributed by atoms with Gasteiger partial charge < -0.3 is 15.8 Å². The lowest BCUT2D eigenvalue weighted by Gasteiger charge is -2.14. The maximum Gasteiger partial charge on any atom is 0.139 e. The van der Waals surface area contributed by atoms with E-state index in [1.165, 1.54) is 25.9 Å². The summed E-state index contributed by atoms with van der Waals surface area (Å²) in [5.41, 5.74) is 5.39. The Morgan fingerprint density at radius 3 is 3.00 bits per heavy atom. The van der Waals surface area contributed by atoms with Gasteiger partial charge >= 0.3 is 0 Å². The van der Waals surface area contributed by atoms with Crippen molar-refractivity contribution in [3.05, 3.63) is 0 Å². The summed E-state index contributed by atoms with van der Waals surface area (Å²) in [7, 11) is 0. The summed E-state index contributed by atoms with van der Waals surface area (Å²) in [6.07, 6.45) is 4.31. The molecule has 14 heavy (non-hydrogen) atoms. The molecule has 1 fully saturated rings. The monoisotopic (exact) mass is 199 g/mol. The zero-order valence-electron chi connectivity index (χ0n) is 8.95. The third-order valence-electron chi connectivity index (χ3n) is 2.98. The first kappa shape index (κ1) is 11.3. The first-order valence-electron chi connectivity index (χ1n) is 5.45. The van der Waals surface area contributed by atoms with Gasteiger partial charge in [-0.3, -0.25) is 0 Å². The largest absolute Gasteiger partial charge is 0.409 e. The SMILES string of the molecule is CCC1CCN(CCCC(N)=NO)C1. The molecule has 1 rings (SSSR count). The topological polar surface area (TPSA) is 61.8 Å². The molecule has 1 saturated heterocycles. The minimum atomic E-state index is 0.344. The molecule has 0 aliphatic carbocycles. The second kappa shape index (κ2) is 5.86. The molecule has 0 bridgehead atoms. The van der Waals surface area contributed by atoms with Gasteiger partial charge in [-0.25, -0.2) is 0 Å². The van der Waals surface area contributed by atoms with Crippen LogP contribution in [0.5, 0.6) is 0 Å². The fourth-order valence-electron chi connectivity index (χ4n) is 1.98. The van der Waals surface area contributed by atoms with E-state index in [0.29, 0.717) is 12.3 Å². The number of nitrogens with zero attached hydrogens (tertiary/aromatic N) is 2. The van der Waals surface area contributed by atoms with E-state index < -0.39 is 0 Å². The van der Waals surface area contributed by atoms with Crippen molar-refractivity contribution in [2.75, 3.05) is 19.6 Å². The first-order valence-corrected chi connectivity index (χ1v) is 5.45. The van der Waals surface area contributed by atoms with E-state index in [1.807, 2.05) is 0 Å². The van der Waals surface area contributed by atoms with E-state index >= 15 is 0 Å². The second-order valence-electron chi connectivity index (χ2n) is 4.06. The number of hydrogen-bond donors (Lipinski definition) is 2. The molecule has 0 spiro atoms. The van der Waals surface area contributed by atoms with Crippen molar-refractivity contribution in [1.29, 1.82) is 0 Å². The van der Waals surface area contributed by atoms with E-state index in [1.54, 1.807) is 0 Å². The average Bonchev–Trinajstić information content (AvgIpc) is 2.65. The number of nitrogens with two attached hydrogens (primary N) is 1. The summed E-state index contributed by atoms with van der Waals surface area (Å²) < 4.78 is 0. The lowest BCUT2D eigenvalue weighted by Crippen LogP contribution is -2.23. The van der Waals surface area contributed by atoms with Crippen molar-refractivity contribution in [3.63, 3.8) is 0 Å². The lowest BCUT2D eigenvalue weighted by molar-refractivity contribution is 0.310. The third kappa shape index (κ3) is 3.54. The maximum absolute atomic E-state index is 8.36. The Bertz CT molecular complexity index is 194. The molecule has 1 aliphatic rings. The predicted octanol–water partition coefficient (Wildman–Crippen LogP) is 1.24. The smallest absolute Gasteiger partial charge is 0.139 e. The van der Waals surface area contributed by atoms with Crippen LogP contribution in [0.2, 0.25) is 0 Å². The van der Waals surface area contributed by atoms with Gasteiger partial charge in [0.25, 0.3) is 0 Å². The van der Waals surface area contributed by atoms with Gasteiger partial charge in [0.05, 0.1) is 0 Å². The van der Waals surface area contributed by atoms with Crippen LogP contribution >= 0.6 is 0 Å². The van der Waals surface area contributed by atoms with Gasteiger partial charge in [-0.15, -0.1) is 0 Å². The molecule has 3 N–H and O–H groups in total. The quantitative estimate of drug-likeness (QED) is 0.303. The van der Waals surface area contributed by atoms with Gasteiger partial charge in [0.1, 0.15) is 5.84 Å². The van der Waals surface area contributed by atoms with Crippen LogP contribution < -0.4 is 5.73 Å². The normalized spacial score (nSPS) is 24.4. The van der Waals surface area contributed by atoms with Crippen LogP contribution in [0.4, 0.5) is 0 Å². The van der Waals surface area contributed by atoms with Crippen LogP contribution in [-0.4, -0.2) is 35.6 Å². The fraction of sp³-hybridized carbons (Fsp3) is 0.900. The molecular weight excluding hydrogens is 178 g/mol. The number of rotatable bonds is 5. The summed E-state index contributed by atoms with van der Waals surface area (Å²) in [6, 6.07) is 0. The van der Waals surface area contributed by atoms with E-state index in [9.17, 15) is 0 Å². The highest BCUT2D eigenvalue weighted by Crippen LogP contribution is 2.18. The molecule has 0 amide bonds. The first-order chi connectivity index (χ1) is 6.76. The molecule has 82 valence electrons. The fourth-order valence-corrected chi connectivity index (χ4v) is 1.98. The Labute approximate surface area is 85.8 Å². The van der Waals surface area contributed by atoms with E-state index in [2.05, 4.69) is 17.0 Å². The molecule has 1 atom stereocenters. The number of likely N-dealkylation sites (tertiary alicyclic amines) is 1. The molecule has 0 aromatic carbocycles. The molecule has 4 heteroatoms. The van der Waals surface area contributed by atoms with Gasteiger partial charge in [0.15, 0.2) is 0 Å². The van der Waals surface area contributed by atoms with Gasteiger partial charge in [0.2, 0.25) is 0 Å². The maximum atomic E-state index is 8.36. The molecule has 1 unspecified atom stereocenters. The second-order valence-corrected chi connectivity index (χ2v) is 4.06. The predicted molar refractivity (Wildman–Crippen MR) is 57.5 cm³/mol. The van der Waals surface area contributed by atoms with Crippen molar-refractivity contribution in [2.24, 2.45) is 16.8 Å². The summed E-state index contributed by atoms with van der Waals surface area (Å²) in [5.74, 6) is 1.23. The van der Waals surface area contributed by atoms with Crippen molar-refractivity contribution in [3.8, 4) is 0 Å². The average molecular weight is 199 g/mol. The Morgan fingerprint density at radius 1 is 1.64 bits per heavy atom. The summed E-state index contributed by atoms with van der Waals surface area (Å²) in [4.78, 5) is 2.47. The molecule has 0 aromatic heterocycles. The molecule has 0 aromatic rings. The van der Waals surface area contributed by atoms with Crippen LogP contribution in [0.25, 0.3) is 0 Å². The van der Waals surface area contributed by atoms with Gasteiger partial charge in [0, 0.05) is 13.0 Å². The standard InChI is InChI=1S/C10H21N3O/c1-2-9-5-7-13(8-9)6-3-4-10(11)12-14/h9,14H,2-8H2,1H3,(H2,11,12). The lowest BCUT2D eigenvalue weighted by atomic mass is 10.1. The van der Waals surface area contributed by atoms with Gasteiger partial charge in [-0.1, -0.05) is 18.5 Å².